The summed E-state index contributed by atoms with van der Waals surface area (Å²) in [6.45, 7) is 4.53. The number of pyridine rings is 1. The second-order valence-electron chi connectivity index (χ2n) is 5.98. The van der Waals surface area contributed by atoms with Gasteiger partial charge in [0.25, 0.3) is 0 Å². The zero-order chi connectivity index (χ0) is 13.7. The van der Waals surface area contributed by atoms with E-state index in [1.54, 1.807) is 0 Å². The molecule has 1 saturated carbocycles. The van der Waals surface area contributed by atoms with Crippen LogP contribution in [0.25, 0.3) is 0 Å². The Kier molecular flexibility index (Phi) is 4.98. The van der Waals surface area contributed by atoms with Gasteiger partial charge in [-0.25, -0.2) is 0 Å². The Balaban J connectivity index is 2.09. The topological polar surface area (TPSA) is 24.9 Å². The standard InChI is InChI=1S/C17H28N2/c1-4-14-8-9-15(19-13-14)12-16(18-3)17(5-2)10-6-7-11-17/h8-9,13,16,18H,4-7,10-12H2,1-3H3. The maximum atomic E-state index is 4.63. The third-order valence-corrected chi connectivity index (χ3v) is 5.10. The molecule has 0 aromatic carbocycles. The van der Waals surface area contributed by atoms with Gasteiger partial charge in [0.2, 0.25) is 0 Å². The highest BCUT2D eigenvalue weighted by molar-refractivity contribution is 5.15. The molecule has 1 aliphatic carbocycles. The van der Waals surface area contributed by atoms with Crippen LogP contribution in [0, 0.1) is 5.41 Å². The van der Waals surface area contributed by atoms with Crippen molar-refractivity contribution in [2.45, 2.75) is 64.8 Å². The minimum absolute atomic E-state index is 0.500. The van der Waals surface area contributed by atoms with Crippen molar-refractivity contribution in [3.8, 4) is 0 Å². The summed E-state index contributed by atoms with van der Waals surface area (Å²) in [5.74, 6) is 0. The van der Waals surface area contributed by atoms with Crippen molar-refractivity contribution in [1.82, 2.24) is 10.3 Å². The first-order chi connectivity index (χ1) is 9.24. The van der Waals surface area contributed by atoms with E-state index in [1.807, 2.05) is 6.20 Å². The van der Waals surface area contributed by atoms with Crippen LogP contribution in [0.15, 0.2) is 18.3 Å². The summed E-state index contributed by atoms with van der Waals surface area (Å²) in [4.78, 5) is 4.63. The van der Waals surface area contributed by atoms with E-state index in [9.17, 15) is 0 Å². The number of nitrogens with zero attached hydrogens (tertiary/aromatic N) is 1. The zero-order valence-corrected chi connectivity index (χ0v) is 12.7. The second-order valence-corrected chi connectivity index (χ2v) is 5.98. The molecule has 0 spiro atoms. The van der Waals surface area contributed by atoms with Gasteiger partial charge in [-0.1, -0.05) is 32.8 Å². The van der Waals surface area contributed by atoms with Crippen LogP contribution in [0.1, 0.15) is 57.2 Å². The van der Waals surface area contributed by atoms with Gasteiger partial charge >= 0.3 is 0 Å². The summed E-state index contributed by atoms with van der Waals surface area (Å²) in [6.07, 6.45) is 11.0. The molecule has 0 radical (unpaired) electrons. The molecule has 2 nitrogen and oxygen atoms in total. The number of aryl methyl sites for hydroxylation is 1. The van der Waals surface area contributed by atoms with E-state index in [0.717, 1.165) is 12.8 Å². The number of hydrogen-bond donors (Lipinski definition) is 1. The quantitative estimate of drug-likeness (QED) is 0.842. The Morgan fingerprint density at radius 2 is 2.00 bits per heavy atom. The highest BCUT2D eigenvalue weighted by atomic mass is 14.9. The maximum absolute atomic E-state index is 4.63. The number of likely N-dealkylation sites (N-methyl/N-ethyl adjacent to an activating group) is 1. The number of hydrogen-bond acceptors (Lipinski definition) is 2. The summed E-state index contributed by atoms with van der Waals surface area (Å²) in [5.41, 5.74) is 3.06. The lowest BCUT2D eigenvalue weighted by Gasteiger charge is -2.37. The minimum Gasteiger partial charge on any atom is -0.316 e. The van der Waals surface area contributed by atoms with Crippen LogP contribution in [0.5, 0.6) is 0 Å². The Morgan fingerprint density at radius 1 is 1.26 bits per heavy atom. The first kappa shape index (κ1) is 14.5. The molecule has 106 valence electrons. The molecular weight excluding hydrogens is 232 g/mol. The van der Waals surface area contributed by atoms with Gasteiger partial charge < -0.3 is 5.32 Å². The number of aromatic nitrogens is 1. The normalized spacial score (nSPS) is 19.5. The van der Waals surface area contributed by atoms with Gasteiger partial charge in [-0.3, -0.25) is 4.98 Å². The lowest BCUT2D eigenvalue weighted by molar-refractivity contribution is 0.191. The zero-order valence-electron chi connectivity index (χ0n) is 12.7. The van der Waals surface area contributed by atoms with E-state index < -0.39 is 0 Å². The molecule has 1 N–H and O–H groups in total. The first-order valence-electron chi connectivity index (χ1n) is 7.85. The van der Waals surface area contributed by atoms with Crippen molar-refractivity contribution < 1.29 is 0 Å². The van der Waals surface area contributed by atoms with Crippen LogP contribution in [0.3, 0.4) is 0 Å². The molecule has 0 aliphatic heterocycles. The Hall–Kier alpha value is -0.890. The summed E-state index contributed by atoms with van der Waals surface area (Å²) in [7, 11) is 2.11. The molecule has 19 heavy (non-hydrogen) atoms. The van der Waals surface area contributed by atoms with Gasteiger partial charge in [-0.2, -0.15) is 0 Å². The minimum atomic E-state index is 0.500. The molecule has 1 aromatic heterocycles. The predicted octanol–water partition coefficient (Wildman–Crippen LogP) is 3.74. The summed E-state index contributed by atoms with van der Waals surface area (Å²) >= 11 is 0. The van der Waals surface area contributed by atoms with Crippen LogP contribution in [0.2, 0.25) is 0 Å². The van der Waals surface area contributed by atoms with Crippen molar-refractivity contribution >= 4 is 0 Å². The fourth-order valence-electron chi connectivity index (χ4n) is 3.65. The molecule has 1 aromatic rings. The molecule has 0 amide bonds. The SMILES string of the molecule is CCc1ccc(CC(NC)C2(CC)CCCC2)nc1. The van der Waals surface area contributed by atoms with Gasteiger partial charge in [-0.15, -0.1) is 0 Å². The molecule has 1 heterocycles. The van der Waals surface area contributed by atoms with Crippen molar-refractivity contribution in [2.75, 3.05) is 7.05 Å². The molecule has 1 aliphatic rings. The third-order valence-electron chi connectivity index (χ3n) is 5.10. The number of nitrogens with one attached hydrogen (secondary N) is 1. The molecule has 1 fully saturated rings. The van der Waals surface area contributed by atoms with Crippen LogP contribution < -0.4 is 5.32 Å². The fraction of sp³-hybridized carbons (Fsp3) is 0.706. The smallest absolute Gasteiger partial charge is 0.0419 e. The van der Waals surface area contributed by atoms with Crippen LogP contribution in [-0.2, 0) is 12.8 Å². The van der Waals surface area contributed by atoms with Crippen LogP contribution in [-0.4, -0.2) is 18.1 Å². The van der Waals surface area contributed by atoms with Gasteiger partial charge in [0.15, 0.2) is 0 Å². The average molecular weight is 260 g/mol. The van der Waals surface area contributed by atoms with Crippen molar-refractivity contribution in [3.05, 3.63) is 29.6 Å². The summed E-state index contributed by atoms with van der Waals surface area (Å²) < 4.78 is 0. The lowest BCUT2D eigenvalue weighted by Crippen LogP contribution is -2.43. The van der Waals surface area contributed by atoms with Crippen molar-refractivity contribution in [3.63, 3.8) is 0 Å². The van der Waals surface area contributed by atoms with Crippen molar-refractivity contribution in [2.24, 2.45) is 5.41 Å². The summed E-state index contributed by atoms with van der Waals surface area (Å²) in [6, 6.07) is 5.00. The highest BCUT2D eigenvalue weighted by Gasteiger charge is 2.38. The Bertz CT molecular complexity index is 377. The highest BCUT2D eigenvalue weighted by Crippen LogP contribution is 2.44. The molecule has 1 atom stereocenters. The van der Waals surface area contributed by atoms with E-state index in [1.165, 1.54) is 43.4 Å². The van der Waals surface area contributed by atoms with Gasteiger partial charge in [0, 0.05) is 24.4 Å². The molecule has 1 unspecified atom stereocenters. The first-order valence-corrected chi connectivity index (χ1v) is 7.85. The molecule has 0 saturated heterocycles. The van der Waals surface area contributed by atoms with Crippen molar-refractivity contribution in [1.29, 1.82) is 0 Å². The van der Waals surface area contributed by atoms with E-state index in [2.05, 4.69) is 43.3 Å². The Labute approximate surface area is 118 Å². The van der Waals surface area contributed by atoms with Crippen LogP contribution >= 0.6 is 0 Å². The van der Waals surface area contributed by atoms with E-state index in [0.29, 0.717) is 11.5 Å². The predicted molar refractivity (Wildman–Crippen MR) is 81.4 cm³/mol. The molecule has 2 rings (SSSR count). The molecular formula is C17H28N2. The fourth-order valence-corrected chi connectivity index (χ4v) is 3.65. The van der Waals surface area contributed by atoms with E-state index in [4.69, 9.17) is 0 Å². The lowest BCUT2D eigenvalue weighted by atomic mass is 9.74. The Morgan fingerprint density at radius 3 is 2.47 bits per heavy atom. The van der Waals surface area contributed by atoms with E-state index >= 15 is 0 Å². The van der Waals surface area contributed by atoms with Crippen LogP contribution in [0.4, 0.5) is 0 Å². The third kappa shape index (κ3) is 3.17. The van der Waals surface area contributed by atoms with Gasteiger partial charge in [0.1, 0.15) is 0 Å². The van der Waals surface area contributed by atoms with E-state index in [-0.39, 0.29) is 0 Å². The largest absolute Gasteiger partial charge is 0.316 e. The maximum Gasteiger partial charge on any atom is 0.0419 e. The second kappa shape index (κ2) is 6.51. The van der Waals surface area contributed by atoms with Gasteiger partial charge in [0.05, 0.1) is 0 Å². The molecule has 2 heteroatoms. The average Bonchev–Trinajstić information content (AvgIpc) is 2.95. The molecule has 0 bridgehead atoms. The van der Waals surface area contributed by atoms with Gasteiger partial charge in [-0.05, 0) is 49.8 Å². The summed E-state index contributed by atoms with van der Waals surface area (Å²) in [5, 5.41) is 3.57. The number of rotatable bonds is 6. The monoisotopic (exact) mass is 260 g/mol.